The predicted octanol–water partition coefficient (Wildman–Crippen LogP) is 18.1. The minimum atomic E-state index is -0.104. The van der Waals surface area contributed by atoms with E-state index in [0.29, 0.717) is 0 Å². The van der Waals surface area contributed by atoms with E-state index in [2.05, 4.69) is 257 Å². The van der Waals surface area contributed by atoms with Gasteiger partial charge in [-0.3, -0.25) is 0 Å². The number of aromatic nitrogens is 2. The average molecular weight is 909 g/mol. The van der Waals surface area contributed by atoms with Crippen LogP contribution in [0.25, 0.3) is 111 Å². The molecular weight excluding hydrogens is 857 g/mol. The molecule has 0 aliphatic heterocycles. The Morgan fingerprint density at radius 2 is 0.549 bits per heavy atom. The second kappa shape index (κ2) is 14.0. The topological polar surface area (TPSA) is 9.86 Å². The van der Waals surface area contributed by atoms with Crippen LogP contribution in [0.4, 0.5) is 0 Å². The molecule has 10 aromatic carbocycles. The lowest BCUT2D eigenvalue weighted by molar-refractivity contribution is 0.660. The molecule has 0 atom stereocenters. The Kier molecular flexibility index (Phi) is 8.01. The number of nitrogens with zero attached hydrogens (tertiary/aromatic N) is 2. The summed E-state index contributed by atoms with van der Waals surface area (Å²) >= 11 is 0. The normalized spacial score (nSPS) is 15.2. The van der Waals surface area contributed by atoms with E-state index < -0.39 is 0 Å². The molecule has 2 heteroatoms. The smallest absolute Gasteiger partial charge is 0.0541 e. The van der Waals surface area contributed by atoms with Gasteiger partial charge in [0.15, 0.2) is 0 Å². The second-order valence-corrected chi connectivity index (χ2v) is 22.1. The molecule has 2 aromatic heterocycles. The molecule has 338 valence electrons. The van der Waals surface area contributed by atoms with Crippen molar-refractivity contribution in [1.82, 2.24) is 9.13 Å². The van der Waals surface area contributed by atoms with Crippen LogP contribution < -0.4 is 0 Å². The first kappa shape index (κ1) is 40.7. The van der Waals surface area contributed by atoms with Gasteiger partial charge in [-0.15, -0.1) is 0 Å². The largest absolute Gasteiger partial charge is 0.309 e. The van der Waals surface area contributed by atoms with Crippen LogP contribution in [0.3, 0.4) is 0 Å². The van der Waals surface area contributed by atoms with Crippen LogP contribution in [0, 0.1) is 0 Å². The first-order valence-electron chi connectivity index (χ1n) is 25.3. The molecule has 0 saturated carbocycles. The zero-order valence-electron chi connectivity index (χ0n) is 41.0. The van der Waals surface area contributed by atoms with Crippen molar-refractivity contribution in [2.45, 2.75) is 57.8 Å². The SMILES string of the molecule is CC1(C)c2ccccc2-c2ccc(-c3ccc4c(c3)c3cc(-c5ccc6c(c5)c5ccccc5n6-c5ccc6c(c5)C(C)(C)c5ccccc5-6)ccc3n4-c3ccc4c(c3)C(C)(C)c3ccccc3-4)cc21. The number of fused-ring (bicyclic) bond motifs is 15. The van der Waals surface area contributed by atoms with Gasteiger partial charge in [0.05, 0.1) is 22.1 Å². The molecule has 2 heterocycles. The molecule has 3 aliphatic rings. The lowest BCUT2D eigenvalue weighted by atomic mass is 9.81. The van der Waals surface area contributed by atoms with Crippen LogP contribution in [0.15, 0.2) is 206 Å². The van der Waals surface area contributed by atoms with E-state index in [1.807, 2.05) is 0 Å². The van der Waals surface area contributed by atoms with Gasteiger partial charge < -0.3 is 9.13 Å². The van der Waals surface area contributed by atoms with Gasteiger partial charge in [0.1, 0.15) is 0 Å². The summed E-state index contributed by atoms with van der Waals surface area (Å²) < 4.78 is 4.98. The second-order valence-electron chi connectivity index (χ2n) is 22.1. The maximum Gasteiger partial charge on any atom is 0.0541 e. The molecule has 0 spiro atoms. The van der Waals surface area contributed by atoms with E-state index in [1.54, 1.807) is 0 Å². The van der Waals surface area contributed by atoms with Crippen LogP contribution >= 0.6 is 0 Å². The molecule has 12 aromatic rings. The van der Waals surface area contributed by atoms with Gasteiger partial charge in [-0.2, -0.15) is 0 Å². The maximum absolute atomic E-state index is 2.51. The molecule has 0 amide bonds. The molecule has 0 fully saturated rings. The summed E-state index contributed by atoms with van der Waals surface area (Å²) in [6, 6.07) is 78.5. The summed E-state index contributed by atoms with van der Waals surface area (Å²) in [7, 11) is 0. The lowest BCUT2D eigenvalue weighted by Gasteiger charge is -2.22. The highest BCUT2D eigenvalue weighted by Gasteiger charge is 2.38. The van der Waals surface area contributed by atoms with Gasteiger partial charge in [0.2, 0.25) is 0 Å². The van der Waals surface area contributed by atoms with Crippen molar-refractivity contribution in [3.05, 3.63) is 240 Å². The molecule has 0 radical (unpaired) electrons. The average Bonchev–Trinajstić information content (AvgIpc) is 4.11. The molecule has 0 saturated heterocycles. The van der Waals surface area contributed by atoms with Crippen molar-refractivity contribution >= 4 is 43.6 Å². The first-order chi connectivity index (χ1) is 34.5. The third-order valence-electron chi connectivity index (χ3n) is 17.3. The predicted molar refractivity (Wildman–Crippen MR) is 299 cm³/mol. The van der Waals surface area contributed by atoms with Crippen molar-refractivity contribution in [3.8, 4) is 67.0 Å². The number of benzene rings is 10. The van der Waals surface area contributed by atoms with Gasteiger partial charge >= 0.3 is 0 Å². The van der Waals surface area contributed by atoms with Crippen molar-refractivity contribution in [3.63, 3.8) is 0 Å². The van der Waals surface area contributed by atoms with Crippen LogP contribution in [0.5, 0.6) is 0 Å². The fraction of sp³-hybridized carbons (Fsp3) is 0.130. The maximum atomic E-state index is 2.51. The molecular formula is C69H52N2. The van der Waals surface area contributed by atoms with Crippen LogP contribution in [0.2, 0.25) is 0 Å². The molecule has 0 bridgehead atoms. The molecule has 0 N–H and O–H groups in total. The zero-order valence-corrected chi connectivity index (χ0v) is 41.0. The Balaban J connectivity index is 0.904. The van der Waals surface area contributed by atoms with Gasteiger partial charge in [-0.05, 0) is 162 Å². The minimum Gasteiger partial charge on any atom is -0.309 e. The fourth-order valence-corrected chi connectivity index (χ4v) is 13.6. The van der Waals surface area contributed by atoms with E-state index in [1.165, 1.54) is 144 Å². The number of rotatable bonds is 4. The van der Waals surface area contributed by atoms with Gasteiger partial charge in [0.25, 0.3) is 0 Å². The Morgan fingerprint density at radius 3 is 1.00 bits per heavy atom. The summed E-state index contributed by atoms with van der Waals surface area (Å²) in [6.45, 7) is 14.2. The number of hydrogen-bond acceptors (Lipinski definition) is 0. The highest BCUT2D eigenvalue weighted by atomic mass is 15.0. The standard InChI is InChI=1S/C69H52N2/c1-67(2)57-19-11-7-15-47(57)50-29-23-44(38-60(50)67)43-26-34-66-56(37-43)55-36-42(25-33-65(55)71(66)46-28-31-52-49-17-9-13-21-59(49)69(5,6)62(52)40-46)41-24-32-64-54(35-41)53-18-10-14-22-63(53)70(64)45-27-30-51-48-16-8-12-20-58(48)68(3,4)61(51)39-45/h7-40H,1-6H3. The highest BCUT2D eigenvalue weighted by molar-refractivity contribution is 6.13. The monoisotopic (exact) mass is 908 g/mol. The van der Waals surface area contributed by atoms with E-state index in [4.69, 9.17) is 0 Å². The van der Waals surface area contributed by atoms with Crippen molar-refractivity contribution in [2.75, 3.05) is 0 Å². The fourth-order valence-electron chi connectivity index (χ4n) is 13.6. The van der Waals surface area contributed by atoms with Gasteiger partial charge in [0, 0.05) is 49.2 Å². The van der Waals surface area contributed by atoms with Crippen molar-refractivity contribution < 1.29 is 0 Å². The van der Waals surface area contributed by atoms with Crippen LogP contribution in [0.1, 0.15) is 74.9 Å². The van der Waals surface area contributed by atoms with Gasteiger partial charge in [-0.25, -0.2) is 0 Å². The van der Waals surface area contributed by atoms with E-state index >= 15 is 0 Å². The highest BCUT2D eigenvalue weighted by Crippen LogP contribution is 2.53. The Morgan fingerprint density at radius 1 is 0.239 bits per heavy atom. The Labute approximate surface area is 415 Å². The molecule has 71 heavy (non-hydrogen) atoms. The summed E-state index contributed by atoms with van der Waals surface area (Å²) in [5, 5.41) is 5.02. The number of para-hydroxylation sites is 1. The van der Waals surface area contributed by atoms with Gasteiger partial charge in [-0.1, -0.05) is 175 Å². The van der Waals surface area contributed by atoms with E-state index in [-0.39, 0.29) is 16.2 Å². The summed E-state index contributed by atoms with van der Waals surface area (Å²) in [5.74, 6) is 0. The molecule has 2 nitrogen and oxygen atoms in total. The lowest BCUT2D eigenvalue weighted by Crippen LogP contribution is -2.15. The number of hydrogen-bond donors (Lipinski definition) is 0. The summed E-state index contributed by atoms with van der Waals surface area (Å²) in [4.78, 5) is 0. The van der Waals surface area contributed by atoms with E-state index in [0.717, 1.165) is 0 Å². The quantitative estimate of drug-likeness (QED) is 0.167. The van der Waals surface area contributed by atoms with Crippen LogP contribution in [-0.2, 0) is 16.2 Å². The van der Waals surface area contributed by atoms with Crippen LogP contribution in [-0.4, -0.2) is 9.13 Å². The third kappa shape index (κ3) is 5.43. The zero-order chi connectivity index (χ0) is 47.7. The molecule has 15 rings (SSSR count). The van der Waals surface area contributed by atoms with E-state index in [9.17, 15) is 0 Å². The van der Waals surface area contributed by atoms with Crippen molar-refractivity contribution in [1.29, 1.82) is 0 Å². The third-order valence-corrected chi connectivity index (χ3v) is 17.3. The first-order valence-corrected chi connectivity index (χ1v) is 25.3. The molecule has 0 unspecified atom stereocenters. The molecule has 3 aliphatic carbocycles. The summed E-state index contributed by atoms with van der Waals surface area (Å²) in [6.07, 6.45) is 0. The minimum absolute atomic E-state index is 0.0734. The Bertz CT molecular complexity index is 4310. The Hall–Kier alpha value is -8.20. The van der Waals surface area contributed by atoms with Crippen molar-refractivity contribution in [2.24, 2.45) is 0 Å². The summed E-state index contributed by atoms with van der Waals surface area (Å²) in [5.41, 5.74) is 28.3.